The maximum absolute atomic E-state index is 12.9. The van der Waals surface area contributed by atoms with Crippen molar-refractivity contribution in [2.24, 2.45) is 11.8 Å². The van der Waals surface area contributed by atoms with E-state index >= 15 is 0 Å². The Hall–Kier alpha value is -1.04. The number of fused-ring (bicyclic) bond motifs is 2. The fourth-order valence-corrected chi connectivity index (χ4v) is 4.86. The maximum atomic E-state index is 12.9. The zero-order chi connectivity index (χ0) is 15.8. The normalized spacial score (nSPS) is 33.2. The monoisotopic (exact) mass is 319 g/mol. The summed E-state index contributed by atoms with van der Waals surface area (Å²) in [5.41, 5.74) is 0.557. The summed E-state index contributed by atoms with van der Waals surface area (Å²) in [5.74, 6) is 1.58. The van der Waals surface area contributed by atoms with Crippen molar-refractivity contribution in [2.75, 3.05) is 32.7 Å². The first-order valence-corrected chi connectivity index (χ1v) is 8.95. The van der Waals surface area contributed by atoms with Gasteiger partial charge in [-0.3, -0.25) is 14.8 Å². The standard InChI is InChI=1S/C18H26FN3O/c19-15-3-4-16(20-11-15)18(23)12-21-5-7-22(8-6-21)17-10-13-1-2-14(17)9-13/h3-4,11,13-14,17-18,23H,1-2,5-10,12H2/t13-,14-,17-,18-/m0/s1. The molecule has 4 rings (SSSR count). The van der Waals surface area contributed by atoms with Gasteiger partial charge in [0.25, 0.3) is 0 Å². The van der Waals surface area contributed by atoms with E-state index in [9.17, 15) is 9.50 Å². The molecule has 2 saturated carbocycles. The van der Waals surface area contributed by atoms with Crippen LogP contribution >= 0.6 is 0 Å². The molecule has 126 valence electrons. The fraction of sp³-hybridized carbons (Fsp3) is 0.722. The number of halogens is 1. The van der Waals surface area contributed by atoms with E-state index in [1.807, 2.05) is 0 Å². The van der Waals surface area contributed by atoms with Crippen LogP contribution in [0.25, 0.3) is 0 Å². The van der Waals surface area contributed by atoms with Gasteiger partial charge in [0.1, 0.15) is 11.9 Å². The Morgan fingerprint density at radius 3 is 2.61 bits per heavy atom. The molecule has 4 atom stereocenters. The smallest absolute Gasteiger partial charge is 0.141 e. The Labute approximate surface area is 137 Å². The first-order valence-electron chi connectivity index (χ1n) is 8.95. The average molecular weight is 319 g/mol. The molecule has 1 saturated heterocycles. The fourth-order valence-electron chi connectivity index (χ4n) is 4.86. The molecule has 5 heteroatoms. The summed E-state index contributed by atoms with van der Waals surface area (Å²) in [6, 6.07) is 3.75. The van der Waals surface area contributed by atoms with Crippen LogP contribution in [0.3, 0.4) is 0 Å². The molecule has 23 heavy (non-hydrogen) atoms. The predicted molar refractivity (Wildman–Crippen MR) is 86.4 cm³/mol. The first kappa shape index (κ1) is 15.5. The van der Waals surface area contributed by atoms with Crippen LogP contribution < -0.4 is 0 Å². The van der Waals surface area contributed by atoms with Crippen molar-refractivity contribution in [1.29, 1.82) is 0 Å². The van der Waals surface area contributed by atoms with Gasteiger partial charge in [-0.05, 0) is 43.2 Å². The second-order valence-corrected chi connectivity index (χ2v) is 7.50. The highest BCUT2D eigenvalue weighted by Crippen LogP contribution is 2.46. The largest absolute Gasteiger partial charge is 0.385 e. The number of β-amino-alcohol motifs (C(OH)–C–C–N with tert-alkyl or cyclic N) is 1. The molecule has 0 amide bonds. The molecule has 1 aromatic heterocycles. The Morgan fingerprint density at radius 1 is 1.17 bits per heavy atom. The zero-order valence-electron chi connectivity index (χ0n) is 13.6. The minimum absolute atomic E-state index is 0.361. The van der Waals surface area contributed by atoms with E-state index in [0.29, 0.717) is 12.2 Å². The molecule has 0 aromatic carbocycles. The van der Waals surface area contributed by atoms with Crippen LogP contribution in [0.2, 0.25) is 0 Å². The Kier molecular flexibility index (Phi) is 4.35. The van der Waals surface area contributed by atoms with E-state index in [1.54, 1.807) is 6.07 Å². The Bertz CT molecular complexity index is 530. The van der Waals surface area contributed by atoms with Crippen molar-refractivity contribution in [3.8, 4) is 0 Å². The van der Waals surface area contributed by atoms with Crippen LogP contribution in [0.15, 0.2) is 18.3 Å². The summed E-state index contributed by atoms with van der Waals surface area (Å²) in [4.78, 5) is 8.97. The lowest BCUT2D eigenvalue weighted by Crippen LogP contribution is -2.52. The minimum Gasteiger partial charge on any atom is -0.385 e. The molecule has 4 nitrogen and oxygen atoms in total. The van der Waals surface area contributed by atoms with Crippen molar-refractivity contribution in [1.82, 2.24) is 14.8 Å². The molecular formula is C18H26FN3O. The summed E-state index contributed by atoms with van der Waals surface area (Å²) in [7, 11) is 0. The number of aliphatic hydroxyl groups is 1. The molecular weight excluding hydrogens is 293 g/mol. The lowest BCUT2D eigenvalue weighted by atomic mass is 9.93. The number of aliphatic hydroxyl groups excluding tert-OH is 1. The Morgan fingerprint density at radius 2 is 2.00 bits per heavy atom. The number of pyridine rings is 1. The van der Waals surface area contributed by atoms with Gasteiger partial charge < -0.3 is 5.11 Å². The zero-order valence-corrected chi connectivity index (χ0v) is 13.6. The maximum Gasteiger partial charge on any atom is 0.141 e. The second kappa shape index (κ2) is 6.46. The molecule has 0 unspecified atom stereocenters. The van der Waals surface area contributed by atoms with Gasteiger partial charge in [-0.1, -0.05) is 6.42 Å². The average Bonchev–Trinajstić information content (AvgIpc) is 3.19. The number of hydrogen-bond donors (Lipinski definition) is 1. The van der Waals surface area contributed by atoms with E-state index in [0.717, 1.165) is 44.1 Å². The number of rotatable bonds is 4. The summed E-state index contributed by atoms with van der Waals surface area (Å²) in [6.45, 7) is 4.82. The van der Waals surface area contributed by atoms with Gasteiger partial charge in [-0.15, -0.1) is 0 Å². The van der Waals surface area contributed by atoms with Crippen LogP contribution in [-0.4, -0.2) is 58.7 Å². The quantitative estimate of drug-likeness (QED) is 0.922. The predicted octanol–water partition coefficient (Wildman–Crippen LogP) is 2.06. The topological polar surface area (TPSA) is 39.6 Å². The van der Waals surface area contributed by atoms with Gasteiger partial charge in [0.2, 0.25) is 0 Å². The van der Waals surface area contributed by atoms with E-state index in [-0.39, 0.29) is 5.82 Å². The highest BCUT2D eigenvalue weighted by Gasteiger charge is 2.42. The van der Waals surface area contributed by atoms with Crippen LogP contribution in [0.5, 0.6) is 0 Å². The number of nitrogens with zero attached hydrogens (tertiary/aromatic N) is 3. The van der Waals surface area contributed by atoms with Crippen molar-refractivity contribution in [3.63, 3.8) is 0 Å². The van der Waals surface area contributed by atoms with E-state index in [1.165, 1.54) is 37.9 Å². The van der Waals surface area contributed by atoms with Gasteiger partial charge in [0, 0.05) is 38.8 Å². The molecule has 1 aromatic rings. The van der Waals surface area contributed by atoms with E-state index in [4.69, 9.17) is 0 Å². The Balaban J connectivity index is 1.27. The lowest BCUT2D eigenvalue weighted by molar-refractivity contribution is 0.0418. The van der Waals surface area contributed by atoms with Crippen LogP contribution in [0.4, 0.5) is 4.39 Å². The molecule has 3 aliphatic rings. The summed E-state index contributed by atoms with van der Waals surface area (Å²) >= 11 is 0. The van der Waals surface area contributed by atoms with Gasteiger partial charge in [0.15, 0.2) is 0 Å². The number of piperazine rings is 1. The van der Waals surface area contributed by atoms with E-state index < -0.39 is 6.10 Å². The van der Waals surface area contributed by atoms with Gasteiger partial charge in [-0.2, -0.15) is 0 Å². The van der Waals surface area contributed by atoms with Crippen LogP contribution in [0.1, 0.15) is 37.5 Å². The summed E-state index contributed by atoms with van der Waals surface area (Å²) in [6.07, 6.45) is 6.30. The molecule has 2 heterocycles. The van der Waals surface area contributed by atoms with Gasteiger partial charge in [-0.25, -0.2) is 4.39 Å². The van der Waals surface area contributed by atoms with Crippen LogP contribution in [-0.2, 0) is 0 Å². The molecule has 1 aliphatic heterocycles. The summed E-state index contributed by atoms with van der Waals surface area (Å²) in [5, 5.41) is 10.3. The van der Waals surface area contributed by atoms with E-state index in [2.05, 4.69) is 14.8 Å². The van der Waals surface area contributed by atoms with Crippen molar-refractivity contribution in [3.05, 3.63) is 29.8 Å². The van der Waals surface area contributed by atoms with Crippen molar-refractivity contribution in [2.45, 2.75) is 37.8 Å². The number of aromatic nitrogens is 1. The SMILES string of the molecule is O[C@@H](CN1CCN([C@H]2C[C@H]3CC[C@H]2C3)CC1)c1ccc(F)cn1. The van der Waals surface area contributed by atoms with Gasteiger partial charge in [0.05, 0.1) is 11.9 Å². The molecule has 3 fully saturated rings. The molecule has 2 aliphatic carbocycles. The molecule has 1 N–H and O–H groups in total. The second-order valence-electron chi connectivity index (χ2n) is 7.50. The first-order chi connectivity index (χ1) is 11.2. The third-order valence-corrected chi connectivity index (χ3v) is 6.10. The summed E-state index contributed by atoms with van der Waals surface area (Å²) < 4.78 is 12.9. The van der Waals surface area contributed by atoms with Crippen LogP contribution in [0, 0.1) is 17.7 Å². The van der Waals surface area contributed by atoms with Crippen molar-refractivity contribution < 1.29 is 9.50 Å². The highest BCUT2D eigenvalue weighted by atomic mass is 19.1. The van der Waals surface area contributed by atoms with Gasteiger partial charge >= 0.3 is 0 Å². The lowest BCUT2D eigenvalue weighted by Gasteiger charge is -2.41. The molecule has 0 spiro atoms. The highest BCUT2D eigenvalue weighted by molar-refractivity contribution is 5.08. The molecule has 2 bridgehead atoms. The van der Waals surface area contributed by atoms with Crippen molar-refractivity contribution >= 4 is 0 Å². The molecule has 0 radical (unpaired) electrons. The minimum atomic E-state index is -0.635. The third-order valence-electron chi connectivity index (χ3n) is 6.10. The number of hydrogen-bond acceptors (Lipinski definition) is 4. The third kappa shape index (κ3) is 3.28.